The van der Waals surface area contributed by atoms with Gasteiger partial charge in [-0.15, -0.1) is 0 Å². The van der Waals surface area contributed by atoms with Gasteiger partial charge in [-0.1, -0.05) is 12.1 Å². The zero-order valence-electron chi connectivity index (χ0n) is 12.4. The molecule has 0 aliphatic carbocycles. The molecule has 1 aromatic carbocycles. The van der Waals surface area contributed by atoms with Gasteiger partial charge in [0.15, 0.2) is 0 Å². The molecule has 0 radical (unpaired) electrons. The van der Waals surface area contributed by atoms with Crippen molar-refractivity contribution in [1.82, 2.24) is 4.90 Å². The van der Waals surface area contributed by atoms with E-state index >= 15 is 0 Å². The highest BCUT2D eigenvalue weighted by Gasteiger charge is 2.28. The van der Waals surface area contributed by atoms with Crippen LogP contribution in [0.15, 0.2) is 24.3 Å². The number of likely N-dealkylation sites (tertiary alicyclic amines) is 1. The van der Waals surface area contributed by atoms with E-state index in [1.807, 2.05) is 26.8 Å². The highest BCUT2D eigenvalue weighted by Crippen LogP contribution is 2.28. The van der Waals surface area contributed by atoms with Crippen LogP contribution in [0.25, 0.3) is 0 Å². The fourth-order valence-electron chi connectivity index (χ4n) is 2.50. The van der Waals surface area contributed by atoms with E-state index in [1.165, 1.54) is 6.07 Å². The van der Waals surface area contributed by atoms with Crippen molar-refractivity contribution in [2.45, 2.75) is 45.1 Å². The molecule has 1 amide bonds. The molecule has 1 unspecified atom stereocenters. The average molecular weight is 279 g/mol. The quantitative estimate of drug-likeness (QED) is 0.779. The smallest absolute Gasteiger partial charge is 0.410 e. The molecule has 20 heavy (non-hydrogen) atoms. The van der Waals surface area contributed by atoms with E-state index in [1.54, 1.807) is 17.0 Å². The van der Waals surface area contributed by atoms with Crippen LogP contribution in [-0.4, -0.2) is 29.7 Å². The van der Waals surface area contributed by atoms with Crippen LogP contribution in [0, 0.1) is 5.82 Å². The van der Waals surface area contributed by atoms with Gasteiger partial charge in [0, 0.05) is 19.0 Å². The number of piperidine rings is 1. The third-order valence-corrected chi connectivity index (χ3v) is 3.39. The lowest BCUT2D eigenvalue weighted by molar-refractivity contribution is 0.0198. The van der Waals surface area contributed by atoms with Crippen LogP contribution in [0.2, 0.25) is 0 Å². The van der Waals surface area contributed by atoms with Gasteiger partial charge >= 0.3 is 6.09 Å². The summed E-state index contributed by atoms with van der Waals surface area (Å²) in [4.78, 5) is 13.8. The van der Waals surface area contributed by atoms with Crippen molar-refractivity contribution in [3.63, 3.8) is 0 Å². The van der Waals surface area contributed by atoms with Gasteiger partial charge in [-0.05, 0) is 51.3 Å². The molecular formula is C16H22FNO2. The van der Waals surface area contributed by atoms with Crippen LogP contribution in [0.5, 0.6) is 0 Å². The number of halogens is 1. The zero-order valence-corrected chi connectivity index (χ0v) is 12.4. The summed E-state index contributed by atoms with van der Waals surface area (Å²) in [5.41, 5.74) is 0.473. The van der Waals surface area contributed by atoms with Crippen LogP contribution in [-0.2, 0) is 4.74 Å². The van der Waals surface area contributed by atoms with E-state index in [0.717, 1.165) is 18.4 Å². The van der Waals surface area contributed by atoms with E-state index in [9.17, 15) is 9.18 Å². The number of rotatable bonds is 1. The second kappa shape index (κ2) is 5.81. The Balaban J connectivity index is 2.03. The highest BCUT2D eigenvalue weighted by molar-refractivity contribution is 5.68. The number of hydrogen-bond donors (Lipinski definition) is 0. The molecule has 1 heterocycles. The fourth-order valence-corrected chi connectivity index (χ4v) is 2.50. The van der Waals surface area contributed by atoms with Crippen LogP contribution < -0.4 is 0 Å². The van der Waals surface area contributed by atoms with Gasteiger partial charge in [-0.25, -0.2) is 9.18 Å². The average Bonchev–Trinajstić information content (AvgIpc) is 2.37. The molecule has 1 aromatic rings. The monoisotopic (exact) mass is 279 g/mol. The maximum atomic E-state index is 13.3. The van der Waals surface area contributed by atoms with Crippen molar-refractivity contribution in [1.29, 1.82) is 0 Å². The normalized spacial score (nSPS) is 19.8. The SMILES string of the molecule is CC(C)(C)OC(=O)N1CCCC(c2cccc(F)c2)C1. The molecule has 2 rings (SSSR count). The van der Waals surface area contributed by atoms with Crippen LogP contribution >= 0.6 is 0 Å². The van der Waals surface area contributed by atoms with Crippen LogP contribution in [0.4, 0.5) is 9.18 Å². The first-order chi connectivity index (χ1) is 9.35. The third-order valence-electron chi connectivity index (χ3n) is 3.39. The van der Waals surface area contributed by atoms with E-state index in [0.29, 0.717) is 13.1 Å². The molecule has 1 atom stereocenters. The van der Waals surface area contributed by atoms with Gasteiger partial charge in [-0.3, -0.25) is 0 Å². The summed E-state index contributed by atoms with van der Waals surface area (Å²) in [7, 11) is 0. The van der Waals surface area contributed by atoms with E-state index in [-0.39, 0.29) is 17.8 Å². The Morgan fingerprint density at radius 1 is 1.40 bits per heavy atom. The Morgan fingerprint density at radius 2 is 2.15 bits per heavy atom. The van der Waals surface area contributed by atoms with Gasteiger partial charge in [0.1, 0.15) is 11.4 Å². The maximum absolute atomic E-state index is 13.3. The molecule has 1 aliphatic rings. The van der Waals surface area contributed by atoms with Crippen molar-refractivity contribution in [3.05, 3.63) is 35.6 Å². The topological polar surface area (TPSA) is 29.5 Å². The Labute approximate surface area is 119 Å². The molecule has 0 spiro atoms. The number of carbonyl (C=O) groups excluding carboxylic acids is 1. The second-order valence-corrected chi connectivity index (χ2v) is 6.32. The first-order valence-corrected chi connectivity index (χ1v) is 7.08. The molecular weight excluding hydrogens is 257 g/mol. The maximum Gasteiger partial charge on any atom is 0.410 e. The number of benzene rings is 1. The summed E-state index contributed by atoms with van der Waals surface area (Å²) < 4.78 is 18.7. The fraction of sp³-hybridized carbons (Fsp3) is 0.562. The van der Waals surface area contributed by atoms with Gasteiger partial charge < -0.3 is 9.64 Å². The molecule has 3 nitrogen and oxygen atoms in total. The van der Waals surface area contributed by atoms with Crippen molar-refractivity contribution in [3.8, 4) is 0 Å². The van der Waals surface area contributed by atoms with Gasteiger partial charge in [-0.2, -0.15) is 0 Å². The summed E-state index contributed by atoms with van der Waals surface area (Å²) in [6.07, 6.45) is 1.61. The van der Waals surface area contributed by atoms with Crippen molar-refractivity contribution in [2.24, 2.45) is 0 Å². The summed E-state index contributed by atoms with van der Waals surface area (Å²) in [6, 6.07) is 6.64. The number of nitrogens with zero attached hydrogens (tertiary/aromatic N) is 1. The van der Waals surface area contributed by atoms with Gasteiger partial charge in [0.05, 0.1) is 0 Å². The lowest BCUT2D eigenvalue weighted by Gasteiger charge is -2.34. The van der Waals surface area contributed by atoms with Gasteiger partial charge in [0.2, 0.25) is 0 Å². The van der Waals surface area contributed by atoms with Crippen molar-refractivity contribution < 1.29 is 13.9 Å². The largest absolute Gasteiger partial charge is 0.444 e. The molecule has 1 saturated heterocycles. The molecule has 4 heteroatoms. The van der Waals surface area contributed by atoms with Crippen LogP contribution in [0.3, 0.4) is 0 Å². The number of carbonyl (C=O) groups is 1. The van der Waals surface area contributed by atoms with E-state index < -0.39 is 5.60 Å². The second-order valence-electron chi connectivity index (χ2n) is 6.32. The highest BCUT2D eigenvalue weighted by atomic mass is 19.1. The minimum atomic E-state index is -0.483. The van der Waals surface area contributed by atoms with Crippen molar-refractivity contribution >= 4 is 6.09 Å². The Hall–Kier alpha value is -1.58. The molecule has 1 fully saturated rings. The number of ether oxygens (including phenoxy) is 1. The third kappa shape index (κ3) is 3.95. The summed E-state index contributed by atoms with van der Waals surface area (Å²) in [5.74, 6) is -0.0381. The summed E-state index contributed by atoms with van der Waals surface area (Å²) >= 11 is 0. The molecule has 0 bridgehead atoms. The molecule has 110 valence electrons. The van der Waals surface area contributed by atoms with E-state index in [2.05, 4.69) is 0 Å². The molecule has 0 saturated carbocycles. The molecule has 0 N–H and O–H groups in total. The minimum Gasteiger partial charge on any atom is -0.444 e. The number of amides is 1. The predicted molar refractivity (Wildman–Crippen MR) is 76.2 cm³/mol. The first-order valence-electron chi connectivity index (χ1n) is 7.08. The minimum absolute atomic E-state index is 0.187. The lowest BCUT2D eigenvalue weighted by atomic mass is 9.91. The lowest BCUT2D eigenvalue weighted by Crippen LogP contribution is -2.42. The summed E-state index contributed by atoms with van der Waals surface area (Å²) in [6.45, 7) is 6.88. The van der Waals surface area contributed by atoms with Crippen molar-refractivity contribution in [2.75, 3.05) is 13.1 Å². The Bertz CT molecular complexity index is 482. The Morgan fingerprint density at radius 3 is 2.80 bits per heavy atom. The number of hydrogen-bond acceptors (Lipinski definition) is 2. The Kier molecular flexibility index (Phi) is 4.31. The predicted octanol–water partition coefficient (Wildman–Crippen LogP) is 3.94. The molecule has 0 aromatic heterocycles. The van der Waals surface area contributed by atoms with Crippen LogP contribution in [0.1, 0.15) is 45.1 Å². The standard InChI is InChI=1S/C16H22FNO2/c1-16(2,3)20-15(19)18-9-5-7-13(11-18)12-6-4-8-14(17)10-12/h4,6,8,10,13H,5,7,9,11H2,1-3H3. The first kappa shape index (κ1) is 14.8. The molecule has 1 aliphatic heterocycles. The zero-order chi connectivity index (χ0) is 14.8. The summed E-state index contributed by atoms with van der Waals surface area (Å²) in [5, 5.41) is 0. The van der Waals surface area contributed by atoms with Gasteiger partial charge in [0.25, 0.3) is 0 Å². The van der Waals surface area contributed by atoms with E-state index in [4.69, 9.17) is 4.74 Å².